The Hall–Kier alpha value is -2.82. The lowest BCUT2D eigenvalue weighted by Gasteiger charge is -2.23. The summed E-state index contributed by atoms with van der Waals surface area (Å²) in [6.45, 7) is 5.50. The average molecular weight is 349 g/mol. The van der Waals surface area contributed by atoms with Crippen molar-refractivity contribution in [2.45, 2.75) is 32.7 Å². The number of hydrogen-bond acceptors (Lipinski definition) is 4. The predicted molar refractivity (Wildman–Crippen MR) is 103 cm³/mol. The van der Waals surface area contributed by atoms with Crippen LogP contribution in [0.4, 0.5) is 6.01 Å². The molecule has 1 N–H and O–H groups in total. The van der Waals surface area contributed by atoms with Crippen LogP contribution in [-0.4, -0.2) is 30.0 Å². The van der Waals surface area contributed by atoms with Gasteiger partial charge < -0.3 is 14.6 Å². The maximum Gasteiger partial charge on any atom is 0.298 e. The lowest BCUT2D eigenvalue weighted by molar-refractivity contribution is 0.0950. The number of hydrogen-bond donors (Lipinski definition) is 1. The van der Waals surface area contributed by atoms with Crippen molar-refractivity contribution in [3.63, 3.8) is 0 Å². The summed E-state index contributed by atoms with van der Waals surface area (Å²) < 4.78 is 5.91. The minimum absolute atomic E-state index is 0.0214. The van der Waals surface area contributed by atoms with Crippen LogP contribution in [0, 0.1) is 13.8 Å². The van der Waals surface area contributed by atoms with Crippen molar-refractivity contribution in [3.05, 3.63) is 59.2 Å². The Morgan fingerprint density at radius 2 is 2.12 bits per heavy atom. The third kappa shape index (κ3) is 3.17. The molecule has 1 aromatic heterocycles. The molecule has 5 heteroatoms. The molecule has 0 radical (unpaired) electrons. The number of rotatable bonds is 4. The molecule has 4 rings (SSSR count). The first-order valence-corrected chi connectivity index (χ1v) is 9.09. The molecule has 2 aromatic carbocycles. The number of anilines is 1. The standard InChI is InChI=1S/C21H23N3O2/c1-14-9-10-17(15(2)12-14)20(25)22-13-16-6-5-11-24(16)21-23-18-7-3-4-8-19(18)26-21/h3-4,7-10,12,16H,5-6,11,13H2,1-2H3,(H,22,25). The summed E-state index contributed by atoms with van der Waals surface area (Å²) in [4.78, 5) is 19.3. The van der Waals surface area contributed by atoms with Gasteiger partial charge in [-0.1, -0.05) is 29.8 Å². The third-order valence-electron chi connectivity index (χ3n) is 5.03. The number of nitrogens with zero attached hydrogens (tertiary/aromatic N) is 2. The molecule has 1 aliphatic rings. The average Bonchev–Trinajstić information content (AvgIpc) is 3.25. The fourth-order valence-corrected chi connectivity index (χ4v) is 3.66. The summed E-state index contributed by atoms with van der Waals surface area (Å²) in [7, 11) is 0. The third-order valence-corrected chi connectivity index (χ3v) is 5.03. The zero-order chi connectivity index (χ0) is 18.1. The molecule has 2 heterocycles. The molecular formula is C21H23N3O2. The lowest BCUT2D eigenvalue weighted by Crippen LogP contribution is -2.40. The highest BCUT2D eigenvalue weighted by Gasteiger charge is 2.28. The molecule has 1 amide bonds. The number of aryl methyl sites for hydroxylation is 2. The van der Waals surface area contributed by atoms with Gasteiger partial charge in [0.05, 0.1) is 6.04 Å². The van der Waals surface area contributed by atoms with E-state index in [4.69, 9.17) is 4.42 Å². The first kappa shape index (κ1) is 16.6. The summed E-state index contributed by atoms with van der Waals surface area (Å²) >= 11 is 0. The van der Waals surface area contributed by atoms with E-state index in [9.17, 15) is 4.79 Å². The molecule has 0 bridgehead atoms. The van der Waals surface area contributed by atoms with Gasteiger partial charge in [0.2, 0.25) is 0 Å². The summed E-state index contributed by atoms with van der Waals surface area (Å²) in [5.41, 5.74) is 4.57. The van der Waals surface area contributed by atoms with Crippen molar-refractivity contribution in [1.82, 2.24) is 10.3 Å². The zero-order valence-corrected chi connectivity index (χ0v) is 15.2. The molecule has 134 valence electrons. The second-order valence-electron chi connectivity index (χ2n) is 6.98. The molecule has 1 fully saturated rings. The Morgan fingerprint density at radius 1 is 1.27 bits per heavy atom. The second kappa shape index (κ2) is 6.83. The van der Waals surface area contributed by atoms with Crippen LogP contribution >= 0.6 is 0 Å². The van der Waals surface area contributed by atoms with Crippen molar-refractivity contribution in [2.75, 3.05) is 18.0 Å². The Kier molecular flexibility index (Phi) is 4.37. The summed E-state index contributed by atoms with van der Waals surface area (Å²) in [5, 5.41) is 3.08. The van der Waals surface area contributed by atoms with Gasteiger partial charge in [0, 0.05) is 18.7 Å². The molecule has 0 aliphatic carbocycles. The first-order chi connectivity index (χ1) is 12.6. The highest BCUT2D eigenvalue weighted by Crippen LogP contribution is 2.28. The van der Waals surface area contributed by atoms with Gasteiger partial charge in [0.25, 0.3) is 11.9 Å². The summed E-state index contributed by atoms with van der Waals surface area (Å²) in [5.74, 6) is -0.0214. The molecule has 0 spiro atoms. The molecule has 1 saturated heterocycles. The van der Waals surface area contributed by atoms with E-state index in [1.807, 2.05) is 56.3 Å². The summed E-state index contributed by atoms with van der Waals surface area (Å²) in [6, 6.07) is 14.6. The largest absolute Gasteiger partial charge is 0.423 e. The van der Waals surface area contributed by atoms with Crippen LogP contribution in [0.25, 0.3) is 11.1 Å². The predicted octanol–water partition coefficient (Wildman–Crippen LogP) is 3.84. The van der Waals surface area contributed by atoms with Crippen LogP contribution in [0.2, 0.25) is 0 Å². The zero-order valence-electron chi connectivity index (χ0n) is 15.2. The SMILES string of the molecule is Cc1ccc(C(=O)NCC2CCCN2c2nc3ccccc3o2)c(C)c1. The van der Waals surface area contributed by atoms with Gasteiger partial charge in [-0.2, -0.15) is 4.98 Å². The molecule has 26 heavy (non-hydrogen) atoms. The van der Waals surface area contributed by atoms with Crippen molar-refractivity contribution in [2.24, 2.45) is 0 Å². The number of fused-ring (bicyclic) bond motifs is 1. The van der Waals surface area contributed by atoms with Crippen LogP contribution in [0.15, 0.2) is 46.9 Å². The number of nitrogens with one attached hydrogen (secondary N) is 1. The fraction of sp³-hybridized carbons (Fsp3) is 0.333. The van der Waals surface area contributed by atoms with Gasteiger partial charge in [0.1, 0.15) is 5.52 Å². The highest BCUT2D eigenvalue weighted by atomic mass is 16.4. The molecule has 1 atom stereocenters. The molecule has 3 aromatic rings. The van der Waals surface area contributed by atoms with E-state index in [0.717, 1.165) is 47.2 Å². The maximum atomic E-state index is 12.5. The number of benzene rings is 2. The van der Waals surface area contributed by atoms with E-state index in [1.54, 1.807) is 0 Å². The first-order valence-electron chi connectivity index (χ1n) is 9.09. The normalized spacial score (nSPS) is 17.0. The number of oxazole rings is 1. The molecular weight excluding hydrogens is 326 g/mol. The van der Waals surface area contributed by atoms with Gasteiger partial charge >= 0.3 is 0 Å². The minimum Gasteiger partial charge on any atom is -0.423 e. The Labute approximate surface area is 153 Å². The number of carbonyl (C=O) groups excluding carboxylic acids is 1. The van der Waals surface area contributed by atoms with E-state index in [2.05, 4.69) is 15.2 Å². The molecule has 1 unspecified atom stereocenters. The van der Waals surface area contributed by atoms with E-state index < -0.39 is 0 Å². The van der Waals surface area contributed by atoms with E-state index >= 15 is 0 Å². The monoisotopic (exact) mass is 349 g/mol. The highest BCUT2D eigenvalue weighted by molar-refractivity contribution is 5.95. The molecule has 0 saturated carbocycles. The Bertz CT molecular complexity index is 914. The number of aromatic nitrogens is 1. The van der Waals surface area contributed by atoms with Crippen LogP contribution in [0.5, 0.6) is 0 Å². The van der Waals surface area contributed by atoms with Gasteiger partial charge in [-0.15, -0.1) is 0 Å². The molecule has 1 aliphatic heterocycles. The van der Waals surface area contributed by atoms with Gasteiger partial charge in [-0.25, -0.2) is 0 Å². The van der Waals surface area contributed by atoms with E-state index in [1.165, 1.54) is 0 Å². The quantitative estimate of drug-likeness (QED) is 0.777. The van der Waals surface area contributed by atoms with Gasteiger partial charge in [-0.05, 0) is 50.5 Å². The van der Waals surface area contributed by atoms with E-state index in [0.29, 0.717) is 12.6 Å². The Balaban J connectivity index is 1.46. The minimum atomic E-state index is -0.0214. The number of carbonyl (C=O) groups is 1. The van der Waals surface area contributed by atoms with Crippen LogP contribution in [-0.2, 0) is 0 Å². The smallest absolute Gasteiger partial charge is 0.298 e. The van der Waals surface area contributed by atoms with Crippen LogP contribution < -0.4 is 10.2 Å². The molecule has 5 nitrogen and oxygen atoms in total. The van der Waals surface area contributed by atoms with Crippen molar-refractivity contribution in [1.29, 1.82) is 0 Å². The van der Waals surface area contributed by atoms with E-state index in [-0.39, 0.29) is 11.9 Å². The second-order valence-corrected chi connectivity index (χ2v) is 6.98. The number of amides is 1. The van der Waals surface area contributed by atoms with Crippen molar-refractivity contribution >= 4 is 23.0 Å². The van der Waals surface area contributed by atoms with Crippen LogP contribution in [0.3, 0.4) is 0 Å². The van der Waals surface area contributed by atoms with Crippen LogP contribution in [0.1, 0.15) is 34.3 Å². The fourth-order valence-electron chi connectivity index (χ4n) is 3.66. The Morgan fingerprint density at radius 3 is 2.92 bits per heavy atom. The number of para-hydroxylation sites is 2. The summed E-state index contributed by atoms with van der Waals surface area (Å²) in [6.07, 6.45) is 2.09. The maximum absolute atomic E-state index is 12.5. The van der Waals surface area contributed by atoms with Gasteiger partial charge in [-0.3, -0.25) is 4.79 Å². The topological polar surface area (TPSA) is 58.4 Å². The van der Waals surface area contributed by atoms with Gasteiger partial charge in [0.15, 0.2) is 5.58 Å². The van der Waals surface area contributed by atoms with Crippen molar-refractivity contribution < 1.29 is 9.21 Å². The lowest BCUT2D eigenvalue weighted by atomic mass is 10.1. The van der Waals surface area contributed by atoms with Crippen molar-refractivity contribution in [3.8, 4) is 0 Å².